The molecular formula is C22H33ClN4O2. The zero-order valence-corrected chi connectivity index (χ0v) is 18.9. The number of methoxy groups -OCH3 is 1. The van der Waals surface area contributed by atoms with Crippen molar-refractivity contribution in [3.05, 3.63) is 46.8 Å². The normalized spacial score (nSPS) is 15.6. The van der Waals surface area contributed by atoms with Crippen LogP contribution in [0.25, 0.3) is 5.69 Å². The van der Waals surface area contributed by atoms with E-state index in [2.05, 4.69) is 31.3 Å². The van der Waals surface area contributed by atoms with E-state index in [9.17, 15) is 4.79 Å². The lowest BCUT2D eigenvalue weighted by Crippen LogP contribution is -2.50. The highest BCUT2D eigenvalue weighted by Crippen LogP contribution is 2.32. The molecule has 1 aliphatic rings. The van der Waals surface area contributed by atoms with Gasteiger partial charge >= 0.3 is 0 Å². The number of para-hydroxylation sites is 1. The topological polar surface area (TPSA) is 59.4 Å². The number of halogens is 1. The van der Waals surface area contributed by atoms with Crippen LogP contribution in [0.1, 0.15) is 35.4 Å². The molecule has 1 amide bonds. The first kappa shape index (κ1) is 23.4. The summed E-state index contributed by atoms with van der Waals surface area (Å²) in [7, 11) is 3.57. The Balaban J connectivity index is 0.00000300. The Labute approximate surface area is 180 Å². The lowest BCUT2D eigenvalue weighted by atomic mass is 9.78. The minimum Gasteiger partial charge on any atom is -0.384 e. The number of benzene rings is 1. The van der Waals surface area contributed by atoms with Gasteiger partial charge in [0, 0.05) is 32.0 Å². The van der Waals surface area contributed by atoms with Gasteiger partial charge in [-0.25, -0.2) is 4.68 Å². The Kier molecular flexibility index (Phi) is 7.86. The standard InChI is InChI=1S/C22H32N4O2.ClH/c1-16-8-6-7-9-20(16)26-18(3)19(17(2)24-26)14-25(4)21(27)22(15-28-5)10-12-23-13-11-22;/h6-9,23H,10-15H2,1-5H3;1H. The van der Waals surface area contributed by atoms with Crippen LogP contribution in [0.15, 0.2) is 24.3 Å². The monoisotopic (exact) mass is 420 g/mol. The maximum absolute atomic E-state index is 13.4. The van der Waals surface area contributed by atoms with Gasteiger partial charge in [0.25, 0.3) is 0 Å². The van der Waals surface area contributed by atoms with Crippen molar-refractivity contribution in [3.8, 4) is 5.69 Å². The molecule has 1 aliphatic heterocycles. The second-order valence-corrected chi connectivity index (χ2v) is 7.97. The van der Waals surface area contributed by atoms with Crippen molar-refractivity contribution in [1.82, 2.24) is 20.0 Å². The molecule has 29 heavy (non-hydrogen) atoms. The summed E-state index contributed by atoms with van der Waals surface area (Å²) < 4.78 is 7.43. The van der Waals surface area contributed by atoms with Crippen molar-refractivity contribution in [3.63, 3.8) is 0 Å². The first-order valence-electron chi connectivity index (χ1n) is 9.96. The van der Waals surface area contributed by atoms with Crippen molar-refractivity contribution in [1.29, 1.82) is 0 Å². The molecule has 0 radical (unpaired) electrons. The predicted molar refractivity (Wildman–Crippen MR) is 118 cm³/mol. The lowest BCUT2D eigenvalue weighted by Gasteiger charge is -2.38. The fourth-order valence-corrected chi connectivity index (χ4v) is 4.25. The number of aryl methyl sites for hydroxylation is 2. The van der Waals surface area contributed by atoms with Crippen molar-refractivity contribution >= 4 is 18.3 Å². The van der Waals surface area contributed by atoms with Crippen LogP contribution >= 0.6 is 12.4 Å². The fourth-order valence-electron chi connectivity index (χ4n) is 4.25. The summed E-state index contributed by atoms with van der Waals surface area (Å²) in [4.78, 5) is 15.2. The third-order valence-corrected chi connectivity index (χ3v) is 5.96. The number of nitrogens with zero attached hydrogens (tertiary/aromatic N) is 3. The third kappa shape index (κ3) is 4.65. The number of aromatic nitrogens is 2. The Morgan fingerprint density at radius 1 is 1.24 bits per heavy atom. The van der Waals surface area contributed by atoms with E-state index < -0.39 is 5.41 Å². The van der Waals surface area contributed by atoms with Crippen LogP contribution in [-0.2, 0) is 16.1 Å². The maximum atomic E-state index is 13.4. The van der Waals surface area contributed by atoms with Crippen molar-refractivity contribution in [2.24, 2.45) is 5.41 Å². The summed E-state index contributed by atoms with van der Waals surface area (Å²) in [5.41, 5.74) is 4.99. The van der Waals surface area contributed by atoms with Gasteiger partial charge in [0.15, 0.2) is 0 Å². The van der Waals surface area contributed by atoms with Crippen LogP contribution in [0.3, 0.4) is 0 Å². The Bertz CT molecular complexity index is 838. The number of ether oxygens (including phenoxy) is 1. The van der Waals surface area contributed by atoms with Gasteiger partial charge in [0.1, 0.15) is 0 Å². The molecule has 0 aliphatic carbocycles. The molecular weight excluding hydrogens is 388 g/mol. The van der Waals surface area contributed by atoms with Gasteiger partial charge in [-0.3, -0.25) is 4.79 Å². The summed E-state index contributed by atoms with van der Waals surface area (Å²) in [5.74, 6) is 0.165. The molecule has 1 fully saturated rings. The van der Waals surface area contributed by atoms with E-state index in [1.165, 1.54) is 5.56 Å². The van der Waals surface area contributed by atoms with Gasteiger partial charge in [-0.15, -0.1) is 12.4 Å². The molecule has 0 atom stereocenters. The molecule has 1 saturated heterocycles. The molecule has 0 spiro atoms. The summed E-state index contributed by atoms with van der Waals surface area (Å²) >= 11 is 0. The number of amides is 1. The highest BCUT2D eigenvalue weighted by atomic mass is 35.5. The van der Waals surface area contributed by atoms with Crippen LogP contribution in [0.2, 0.25) is 0 Å². The van der Waals surface area contributed by atoms with Crippen LogP contribution in [0.4, 0.5) is 0 Å². The van der Waals surface area contributed by atoms with E-state index in [1.54, 1.807) is 7.11 Å². The minimum atomic E-state index is -0.428. The minimum absolute atomic E-state index is 0. The summed E-state index contributed by atoms with van der Waals surface area (Å²) in [6.07, 6.45) is 1.62. The van der Waals surface area contributed by atoms with Gasteiger partial charge in [-0.05, 0) is 58.3 Å². The zero-order valence-electron chi connectivity index (χ0n) is 18.1. The van der Waals surface area contributed by atoms with Crippen molar-refractivity contribution < 1.29 is 9.53 Å². The average molecular weight is 421 g/mol. The van der Waals surface area contributed by atoms with Crippen LogP contribution in [0.5, 0.6) is 0 Å². The second kappa shape index (κ2) is 9.74. The van der Waals surface area contributed by atoms with Gasteiger partial charge in [-0.1, -0.05) is 18.2 Å². The number of hydrogen-bond acceptors (Lipinski definition) is 4. The second-order valence-electron chi connectivity index (χ2n) is 7.97. The molecule has 1 aromatic carbocycles. The average Bonchev–Trinajstić information content (AvgIpc) is 2.96. The SMILES string of the molecule is COCC1(C(=O)N(C)Cc2c(C)nn(-c3ccccc3C)c2C)CCNCC1.Cl. The highest BCUT2D eigenvalue weighted by Gasteiger charge is 2.41. The van der Waals surface area contributed by atoms with E-state index >= 15 is 0 Å². The van der Waals surface area contributed by atoms with Crippen LogP contribution in [0, 0.1) is 26.2 Å². The number of carbonyl (C=O) groups is 1. The first-order chi connectivity index (χ1) is 13.4. The number of nitrogens with one attached hydrogen (secondary N) is 1. The molecule has 1 N–H and O–H groups in total. The van der Waals surface area contributed by atoms with E-state index in [0.717, 1.165) is 48.6 Å². The molecule has 2 aromatic rings. The van der Waals surface area contributed by atoms with E-state index in [1.807, 2.05) is 35.7 Å². The van der Waals surface area contributed by atoms with Crippen LogP contribution < -0.4 is 5.32 Å². The van der Waals surface area contributed by atoms with Crippen molar-refractivity contribution in [2.75, 3.05) is 33.9 Å². The summed E-state index contributed by atoms with van der Waals surface area (Å²) in [6.45, 7) is 8.92. The summed E-state index contributed by atoms with van der Waals surface area (Å²) in [6, 6.07) is 8.23. The summed E-state index contributed by atoms with van der Waals surface area (Å²) in [5, 5.41) is 8.11. The Morgan fingerprint density at radius 3 is 2.52 bits per heavy atom. The van der Waals surface area contributed by atoms with Gasteiger partial charge in [0.2, 0.25) is 5.91 Å². The molecule has 7 heteroatoms. The number of rotatable bonds is 6. The first-order valence-corrected chi connectivity index (χ1v) is 9.96. The lowest BCUT2D eigenvalue weighted by molar-refractivity contribution is -0.146. The van der Waals surface area contributed by atoms with Gasteiger partial charge < -0.3 is 15.0 Å². The molecule has 0 saturated carbocycles. The van der Waals surface area contributed by atoms with Crippen LogP contribution in [-0.4, -0.2) is 54.4 Å². The Morgan fingerprint density at radius 2 is 1.90 bits per heavy atom. The molecule has 160 valence electrons. The van der Waals surface area contributed by atoms with Gasteiger partial charge in [-0.2, -0.15) is 5.10 Å². The smallest absolute Gasteiger partial charge is 0.231 e. The molecule has 6 nitrogen and oxygen atoms in total. The Hall–Kier alpha value is -1.89. The molecule has 0 bridgehead atoms. The van der Waals surface area contributed by atoms with E-state index in [-0.39, 0.29) is 18.3 Å². The number of hydrogen-bond donors (Lipinski definition) is 1. The van der Waals surface area contributed by atoms with Gasteiger partial charge in [0.05, 0.1) is 23.4 Å². The zero-order chi connectivity index (χ0) is 20.3. The van der Waals surface area contributed by atoms with E-state index in [0.29, 0.717) is 13.2 Å². The third-order valence-electron chi connectivity index (χ3n) is 5.96. The number of piperidine rings is 1. The van der Waals surface area contributed by atoms with E-state index in [4.69, 9.17) is 9.84 Å². The number of carbonyl (C=O) groups excluding carboxylic acids is 1. The van der Waals surface area contributed by atoms with Crippen molar-refractivity contribution in [2.45, 2.75) is 40.2 Å². The fraction of sp³-hybridized carbons (Fsp3) is 0.545. The quantitative estimate of drug-likeness (QED) is 0.779. The maximum Gasteiger partial charge on any atom is 0.231 e. The highest BCUT2D eigenvalue weighted by molar-refractivity contribution is 5.85. The molecule has 0 unspecified atom stereocenters. The molecule has 2 heterocycles. The molecule has 1 aromatic heterocycles. The predicted octanol–water partition coefficient (Wildman–Crippen LogP) is 3.19. The largest absolute Gasteiger partial charge is 0.384 e. The molecule has 3 rings (SSSR count).